The van der Waals surface area contributed by atoms with Gasteiger partial charge in [-0.3, -0.25) is 0 Å². The zero-order chi connectivity index (χ0) is 15.3. The van der Waals surface area contributed by atoms with E-state index in [0.717, 1.165) is 17.8 Å². The minimum Gasteiger partial charge on any atom is -0.0885 e. The Hall–Kier alpha value is -0.260. The lowest BCUT2D eigenvalue weighted by Crippen LogP contribution is -2.09. The van der Waals surface area contributed by atoms with Gasteiger partial charge in [-0.2, -0.15) is 0 Å². The van der Waals surface area contributed by atoms with Gasteiger partial charge in [-0.05, 0) is 49.9 Å². The van der Waals surface area contributed by atoms with Crippen LogP contribution in [-0.2, 0) is 0 Å². The summed E-state index contributed by atoms with van der Waals surface area (Å²) < 4.78 is 0. The molecular weight excluding hydrogens is 252 g/mol. The predicted octanol–water partition coefficient (Wildman–Crippen LogP) is 7.54. The van der Waals surface area contributed by atoms with Crippen molar-refractivity contribution >= 4 is 0 Å². The Labute approximate surface area is 134 Å². The molecule has 2 atom stereocenters. The Kier molecular flexibility index (Phi) is 11.0. The molecule has 0 nitrogen and oxygen atoms in total. The highest BCUT2D eigenvalue weighted by Gasteiger charge is 2.13. The van der Waals surface area contributed by atoms with E-state index in [1.807, 2.05) is 0 Å². The summed E-state index contributed by atoms with van der Waals surface area (Å²) in [6.07, 6.45) is 23.3. The van der Waals surface area contributed by atoms with E-state index < -0.39 is 0 Å². The van der Waals surface area contributed by atoms with Crippen LogP contribution in [0.1, 0.15) is 104 Å². The Morgan fingerprint density at radius 1 is 0.524 bits per heavy atom. The van der Waals surface area contributed by atoms with Crippen molar-refractivity contribution in [3.8, 4) is 0 Å². The number of hydrogen-bond acceptors (Lipinski definition) is 0. The number of allylic oxidation sites excluding steroid dienone is 2. The van der Waals surface area contributed by atoms with E-state index in [1.165, 1.54) is 83.5 Å². The van der Waals surface area contributed by atoms with Crippen molar-refractivity contribution < 1.29 is 0 Å². The van der Waals surface area contributed by atoms with Crippen molar-refractivity contribution in [1.29, 1.82) is 0 Å². The molecule has 0 amide bonds. The van der Waals surface area contributed by atoms with E-state index in [4.69, 9.17) is 0 Å². The minimum atomic E-state index is 1.01. The maximum Gasteiger partial charge on any atom is -0.0351 e. The molecule has 2 fully saturated rings. The molecule has 0 spiro atoms. The van der Waals surface area contributed by atoms with Crippen molar-refractivity contribution in [2.24, 2.45) is 17.8 Å². The van der Waals surface area contributed by atoms with Crippen LogP contribution in [0.2, 0.25) is 0 Å². The first-order valence-electron chi connectivity index (χ1n) is 9.83. The van der Waals surface area contributed by atoms with Crippen molar-refractivity contribution in [3.05, 3.63) is 12.2 Å². The summed E-state index contributed by atoms with van der Waals surface area (Å²) in [6.45, 7) is 7.10. The third-order valence-electron chi connectivity index (χ3n) is 5.25. The van der Waals surface area contributed by atoms with Crippen LogP contribution < -0.4 is 0 Å². The SMILES string of the molecule is C1=CCCCC1.CC1CCCC(C)C1.CC1CCCCC1. The van der Waals surface area contributed by atoms with Crippen LogP contribution >= 0.6 is 0 Å². The normalized spacial score (nSPS) is 29.7. The fourth-order valence-electron chi connectivity index (χ4n) is 3.80. The van der Waals surface area contributed by atoms with Gasteiger partial charge in [0.1, 0.15) is 0 Å². The van der Waals surface area contributed by atoms with Crippen LogP contribution in [0.3, 0.4) is 0 Å². The van der Waals surface area contributed by atoms with Crippen LogP contribution in [0, 0.1) is 17.8 Å². The molecule has 124 valence electrons. The Morgan fingerprint density at radius 3 is 1.24 bits per heavy atom. The quantitative estimate of drug-likeness (QED) is 0.405. The van der Waals surface area contributed by atoms with Gasteiger partial charge in [0.2, 0.25) is 0 Å². The second kappa shape index (κ2) is 12.3. The standard InChI is InChI=1S/C8H16.C7H14.C6H10/c1-7-4-3-5-8(2)6-7;1-7-5-3-2-4-6-7;1-2-4-6-5-3-1/h7-8H,3-6H2,1-2H3;7H,2-6H2,1H3;1-2H,3-6H2. The monoisotopic (exact) mass is 292 g/mol. The Bertz CT molecular complexity index is 231. The maximum absolute atomic E-state index is 2.37. The summed E-state index contributed by atoms with van der Waals surface area (Å²) in [5.41, 5.74) is 0. The first kappa shape index (κ1) is 18.8. The number of hydrogen-bond donors (Lipinski definition) is 0. The van der Waals surface area contributed by atoms with Crippen molar-refractivity contribution in [1.82, 2.24) is 0 Å². The third-order valence-corrected chi connectivity index (χ3v) is 5.25. The lowest BCUT2D eigenvalue weighted by molar-refractivity contribution is 0.301. The predicted molar refractivity (Wildman–Crippen MR) is 96.7 cm³/mol. The van der Waals surface area contributed by atoms with E-state index >= 15 is 0 Å². The lowest BCUT2D eigenvalue weighted by atomic mass is 9.84. The van der Waals surface area contributed by atoms with Crippen LogP contribution in [0.4, 0.5) is 0 Å². The molecule has 0 saturated heterocycles. The van der Waals surface area contributed by atoms with Gasteiger partial charge in [0.05, 0.1) is 0 Å². The van der Waals surface area contributed by atoms with Crippen molar-refractivity contribution in [3.63, 3.8) is 0 Å². The van der Waals surface area contributed by atoms with Crippen LogP contribution in [0.25, 0.3) is 0 Å². The molecule has 0 aliphatic heterocycles. The van der Waals surface area contributed by atoms with E-state index in [2.05, 4.69) is 32.9 Å². The highest BCUT2D eigenvalue weighted by molar-refractivity contribution is 4.85. The highest BCUT2D eigenvalue weighted by Crippen LogP contribution is 2.27. The minimum absolute atomic E-state index is 1.01. The molecule has 0 bridgehead atoms. The van der Waals surface area contributed by atoms with Crippen molar-refractivity contribution in [2.45, 2.75) is 104 Å². The van der Waals surface area contributed by atoms with Crippen LogP contribution in [0.5, 0.6) is 0 Å². The van der Waals surface area contributed by atoms with Crippen molar-refractivity contribution in [2.75, 3.05) is 0 Å². The largest absolute Gasteiger partial charge is 0.0885 e. The molecule has 21 heavy (non-hydrogen) atoms. The fraction of sp³-hybridized carbons (Fsp3) is 0.905. The molecule has 2 saturated carbocycles. The average molecular weight is 293 g/mol. The molecule has 0 radical (unpaired) electrons. The van der Waals surface area contributed by atoms with Gasteiger partial charge in [0.25, 0.3) is 0 Å². The zero-order valence-corrected chi connectivity index (χ0v) is 15.1. The summed E-state index contributed by atoms with van der Waals surface area (Å²) in [6, 6.07) is 0. The molecule has 3 rings (SSSR count). The molecule has 3 aliphatic carbocycles. The molecule has 3 aliphatic rings. The van der Waals surface area contributed by atoms with Gasteiger partial charge in [-0.1, -0.05) is 84.3 Å². The second-order valence-corrected chi connectivity index (χ2v) is 7.88. The fourth-order valence-corrected chi connectivity index (χ4v) is 3.80. The molecule has 2 unspecified atom stereocenters. The summed E-state index contributed by atoms with van der Waals surface area (Å²) >= 11 is 0. The lowest BCUT2D eigenvalue weighted by Gasteiger charge is -2.22. The molecule has 0 heteroatoms. The summed E-state index contributed by atoms with van der Waals surface area (Å²) in [5.74, 6) is 3.06. The maximum atomic E-state index is 2.37. The third kappa shape index (κ3) is 11.0. The molecule has 0 heterocycles. The van der Waals surface area contributed by atoms with Gasteiger partial charge in [0, 0.05) is 0 Å². The molecule has 0 aromatic heterocycles. The van der Waals surface area contributed by atoms with Crippen LogP contribution in [0.15, 0.2) is 12.2 Å². The van der Waals surface area contributed by atoms with E-state index in [9.17, 15) is 0 Å². The Morgan fingerprint density at radius 2 is 1.00 bits per heavy atom. The van der Waals surface area contributed by atoms with E-state index in [1.54, 1.807) is 0 Å². The summed E-state index contributed by atoms with van der Waals surface area (Å²) in [4.78, 5) is 0. The van der Waals surface area contributed by atoms with E-state index in [0.29, 0.717) is 0 Å². The smallest absolute Gasteiger partial charge is 0.0351 e. The summed E-state index contributed by atoms with van der Waals surface area (Å²) in [7, 11) is 0. The molecular formula is C21H40. The topological polar surface area (TPSA) is 0 Å². The number of rotatable bonds is 0. The first-order chi connectivity index (χ1) is 10.2. The van der Waals surface area contributed by atoms with E-state index in [-0.39, 0.29) is 0 Å². The van der Waals surface area contributed by atoms with Gasteiger partial charge >= 0.3 is 0 Å². The highest BCUT2D eigenvalue weighted by atomic mass is 14.2. The average Bonchev–Trinajstić information content (AvgIpc) is 2.51. The van der Waals surface area contributed by atoms with Gasteiger partial charge in [-0.15, -0.1) is 0 Å². The Balaban J connectivity index is 0.000000159. The first-order valence-corrected chi connectivity index (χ1v) is 9.83. The second-order valence-electron chi connectivity index (χ2n) is 7.88. The molecule has 0 N–H and O–H groups in total. The summed E-state index contributed by atoms with van der Waals surface area (Å²) in [5, 5.41) is 0. The van der Waals surface area contributed by atoms with Gasteiger partial charge < -0.3 is 0 Å². The van der Waals surface area contributed by atoms with Crippen LogP contribution in [-0.4, -0.2) is 0 Å². The van der Waals surface area contributed by atoms with Gasteiger partial charge in [0.15, 0.2) is 0 Å². The van der Waals surface area contributed by atoms with Gasteiger partial charge in [-0.25, -0.2) is 0 Å². The molecule has 0 aromatic rings. The molecule has 0 aromatic carbocycles. The zero-order valence-electron chi connectivity index (χ0n) is 15.1.